The molecule has 0 saturated heterocycles. The van der Waals surface area contributed by atoms with Crippen molar-refractivity contribution in [1.29, 1.82) is 0 Å². The van der Waals surface area contributed by atoms with E-state index in [-0.39, 0.29) is 11.3 Å². The normalized spacial score (nSPS) is 12.0. The average molecular weight is 297 g/mol. The fourth-order valence-electron chi connectivity index (χ4n) is 2.44. The van der Waals surface area contributed by atoms with Crippen LogP contribution in [0.4, 0.5) is 15.8 Å². The summed E-state index contributed by atoms with van der Waals surface area (Å²) in [7, 11) is 0. The molecule has 4 rings (SSSR count). The minimum atomic E-state index is -1.14. The number of nitrogens with zero attached hydrogens (tertiary/aromatic N) is 2. The fraction of sp³-hybridized carbons (Fsp3) is 0. The summed E-state index contributed by atoms with van der Waals surface area (Å²) in [5, 5.41) is 12.8. The molecule has 2 N–H and O–H groups in total. The number of anilines is 2. The van der Waals surface area contributed by atoms with Gasteiger partial charge in [0.1, 0.15) is 22.8 Å². The number of carboxylic acids is 1. The summed E-state index contributed by atoms with van der Waals surface area (Å²) in [4.78, 5) is 19.4. The van der Waals surface area contributed by atoms with Gasteiger partial charge in [0, 0.05) is 30.6 Å². The zero-order valence-electron chi connectivity index (χ0n) is 11.0. The first-order chi connectivity index (χ1) is 10.6. The topological polar surface area (TPSA) is 84.3 Å². The Hall–Kier alpha value is -3.22. The van der Waals surface area contributed by atoms with Crippen molar-refractivity contribution in [3.63, 3.8) is 0 Å². The van der Waals surface area contributed by atoms with Crippen LogP contribution in [-0.4, -0.2) is 21.0 Å². The summed E-state index contributed by atoms with van der Waals surface area (Å²) >= 11 is 0. The maximum atomic E-state index is 13.7. The number of hydrogen-bond donors (Lipinski definition) is 2. The third-order valence-electron chi connectivity index (χ3n) is 3.39. The van der Waals surface area contributed by atoms with Crippen LogP contribution in [0.3, 0.4) is 0 Å². The molecule has 0 aliphatic carbocycles. The average Bonchev–Trinajstić information content (AvgIpc) is 2.64. The summed E-state index contributed by atoms with van der Waals surface area (Å²) < 4.78 is 19.5. The van der Waals surface area contributed by atoms with Crippen molar-refractivity contribution in [1.82, 2.24) is 9.97 Å². The number of aromatic carboxylic acids is 1. The highest BCUT2D eigenvalue weighted by Crippen LogP contribution is 2.43. The molecule has 108 valence electrons. The predicted octanol–water partition coefficient (Wildman–Crippen LogP) is 3.32. The number of halogens is 1. The molecule has 1 aromatic carbocycles. The van der Waals surface area contributed by atoms with E-state index in [9.17, 15) is 14.3 Å². The first kappa shape index (κ1) is 12.5. The van der Waals surface area contributed by atoms with Gasteiger partial charge in [0.2, 0.25) is 0 Å². The minimum Gasteiger partial charge on any atom is -0.478 e. The van der Waals surface area contributed by atoms with E-state index in [0.717, 1.165) is 0 Å². The van der Waals surface area contributed by atoms with Gasteiger partial charge >= 0.3 is 5.97 Å². The molecule has 0 spiro atoms. The highest BCUT2D eigenvalue weighted by molar-refractivity contribution is 6.08. The largest absolute Gasteiger partial charge is 0.478 e. The molecule has 6 nitrogen and oxygen atoms in total. The van der Waals surface area contributed by atoms with Gasteiger partial charge in [0.15, 0.2) is 5.75 Å². The van der Waals surface area contributed by atoms with Crippen molar-refractivity contribution in [2.24, 2.45) is 0 Å². The van der Waals surface area contributed by atoms with Crippen molar-refractivity contribution in [3.8, 4) is 11.5 Å². The van der Waals surface area contributed by atoms with E-state index in [4.69, 9.17) is 4.74 Å². The van der Waals surface area contributed by atoms with Crippen LogP contribution in [0.2, 0.25) is 0 Å². The van der Waals surface area contributed by atoms with Crippen LogP contribution in [0.5, 0.6) is 11.5 Å². The number of pyridine rings is 2. The van der Waals surface area contributed by atoms with E-state index in [1.165, 1.54) is 30.7 Å². The van der Waals surface area contributed by atoms with Gasteiger partial charge in [-0.05, 0) is 0 Å². The number of ether oxygens (including phenoxy) is 1. The van der Waals surface area contributed by atoms with Gasteiger partial charge in [-0.15, -0.1) is 0 Å². The molecule has 7 heteroatoms. The van der Waals surface area contributed by atoms with Gasteiger partial charge in [-0.2, -0.15) is 0 Å². The Morgan fingerprint density at radius 3 is 2.95 bits per heavy atom. The van der Waals surface area contributed by atoms with Crippen LogP contribution in [0.1, 0.15) is 10.4 Å². The smallest absolute Gasteiger partial charge is 0.339 e. The van der Waals surface area contributed by atoms with Crippen LogP contribution in [0.25, 0.3) is 10.9 Å². The lowest BCUT2D eigenvalue weighted by molar-refractivity contribution is 0.0697. The zero-order valence-corrected chi connectivity index (χ0v) is 11.0. The summed E-state index contributed by atoms with van der Waals surface area (Å²) in [5.41, 5.74) is 1.08. The highest BCUT2D eigenvalue weighted by Gasteiger charge is 2.23. The van der Waals surface area contributed by atoms with E-state index >= 15 is 0 Å². The van der Waals surface area contributed by atoms with Gasteiger partial charge in [-0.25, -0.2) is 9.18 Å². The Bertz CT molecular complexity index is 943. The van der Waals surface area contributed by atoms with E-state index in [1.807, 2.05) is 0 Å². The Morgan fingerprint density at radius 1 is 1.27 bits per heavy atom. The number of fused-ring (bicyclic) bond motifs is 1. The Morgan fingerprint density at radius 2 is 2.14 bits per heavy atom. The second-order valence-corrected chi connectivity index (χ2v) is 4.75. The number of aromatic nitrogens is 2. The first-order valence-corrected chi connectivity index (χ1v) is 6.38. The number of hydrogen-bond acceptors (Lipinski definition) is 5. The molecule has 0 amide bonds. The molecule has 0 atom stereocenters. The number of carboxylic acid groups (broad SMARTS) is 1. The summed E-state index contributed by atoms with van der Waals surface area (Å²) in [6.07, 6.45) is 4.23. The van der Waals surface area contributed by atoms with Gasteiger partial charge in [0.05, 0.1) is 22.8 Å². The van der Waals surface area contributed by atoms with E-state index < -0.39 is 11.8 Å². The molecule has 3 aromatic rings. The molecule has 0 unspecified atom stereocenters. The SMILES string of the molecule is O=C(O)c1cnc2cc(F)cc3c2c1Nc1cnccc1O3. The van der Waals surface area contributed by atoms with Gasteiger partial charge in [-0.3, -0.25) is 9.97 Å². The van der Waals surface area contributed by atoms with Crippen LogP contribution in [0, 0.1) is 5.82 Å². The summed E-state index contributed by atoms with van der Waals surface area (Å²) in [6.45, 7) is 0. The maximum absolute atomic E-state index is 13.7. The van der Waals surface area contributed by atoms with Crippen molar-refractivity contribution in [3.05, 3.63) is 48.2 Å². The van der Waals surface area contributed by atoms with Crippen LogP contribution < -0.4 is 10.1 Å². The maximum Gasteiger partial charge on any atom is 0.339 e. The van der Waals surface area contributed by atoms with E-state index in [1.54, 1.807) is 6.07 Å². The lowest BCUT2D eigenvalue weighted by Crippen LogP contribution is -2.04. The highest BCUT2D eigenvalue weighted by atomic mass is 19.1. The van der Waals surface area contributed by atoms with Crippen LogP contribution >= 0.6 is 0 Å². The minimum absolute atomic E-state index is 0.0272. The predicted molar refractivity (Wildman–Crippen MR) is 76.3 cm³/mol. The van der Waals surface area contributed by atoms with Crippen molar-refractivity contribution >= 4 is 28.2 Å². The molecule has 1 aliphatic heterocycles. The Labute approximate surface area is 123 Å². The van der Waals surface area contributed by atoms with Crippen LogP contribution in [0.15, 0.2) is 36.8 Å². The number of rotatable bonds is 1. The second kappa shape index (κ2) is 4.39. The van der Waals surface area contributed by atoms with Gasteiger partial charge < -0.3 is 15.2 Å². The molecule has 0 fully saturated rings. The van der Waals surface area contributed by atoms with Crippen molar-refractivity contribution in [2.75, 3.05) is 5.32 Å². The molecule has 3 heterocycles. The standard InChI is InChI=1S/C15H8FN3O3/c16-7-3-9-13-12(4-7)22-11-1-2-17-6-10(11)19-14(13)8(5-18-9)15(20)21/h1-6,19H,(H,20,21). The Kier molecular flexibility index (Phi) is 2.50. The zero-order chi connectivity index (χ0) is 15.3. The molecular formula is C15H8FN3O3. The number of nitrogens with one attached hydrogen (secondary N) is 1. The third kappa shape index (κ3) is 1.76. The molecule has 0 saturated carbocycles. The molecule has 0 bridgehead atoms. The molecule has 0 radical (unpaired) electrons. The summed E-state index contributed by atoms with van der Waals surface area (Å²) in [6, 6.07) is 4.04. The third-order valence-corrected chi connectivity index (χ3v) is 3.39. The van der Waals surface area contributed by atoms with Crippen molar-refractivity contribution < 1.29 is 19.0 Å². The van der Waals surface area contributed by atoms with Gasteiger partial charge in [0.25, 0.3) is 0 Å². The molecule has 1 aliphatic rings. The van der Waals surface area contributed by atoms with E-state index in [2.05, 4.69) is 15.3 Å². The number of carbonyl (C=O) groups is 1. The lowest BCUT2D eigenvalue weighted by atomic mass is 10.1. The number of benzene rings is 1. The monoisotopic (exact) mass is 297 g/mol. The first-order valence-electron chi connectivity index (χ1n) is 6.38. The fourth-order valence-corrected chi connectivity index (χ4v) is 2.44. The van der Waals surface area contributed by atoms with Crippen molar-refractivity contribution in [2.45, 2.75) is 0 Å². The van der Waals surface area contributed by atoms with Crippen LogP contribution in [-0.2, 0) is 0 Å². The van der Waals surface area contributed by atoms with E-state index in [0.29, 0.717) is 28.0 Å². The lowest BCUT2D eigenvalue weighted by Gasteiger charge is -2.10. The van der Waals surface area contributed by atoms with Gasteiger partial charge in [-0.1, -0.05) is 0 Å². The molecule has 2 aromatic heterocycles. The molecule has 22 heavy (non-hydrogen) atoms. The Balaban J connectivity index is 2.13. The quantitative estimate of drug-likeness (QED) is 0.560. The molecular weight excluding hydrogens is 289 g/mol. The second-order valence-electron chi connectivity index (χ2n) is 4.75. The summed E-state index contributed by atoms with van der Waals surface area (Å²) in [5.74, 6) is -1.02.